The summed E-state index contributed by atoms with van der Waals surface area (Å²) in [7, 11) is 0. The molecule has 0 aliphatic heterocycles. The minimum atomic E-state index is -0.235. The highest BCUT2D eigenvalue weighted by Crippen LogP contribution is 2.25. The molecule has 0 bridgehead atoms. The van der Waals surface area contributed by atoms with E-state index in [9.17, 15) is 9.59 Å². The van der Waals surface area contributed by atoms with E-state index in [1.807, 2.05) is 32.0 Å². The standard InChI is InChI=1S/C26H36O3/c1-4-16-29-17-9-5-6-14-24(27)19-23(26(28)20(2)3)18-22-13-10-12-21-11-7-8-15-25(21)22/h7-8,10-13,15,20,23H,4-6,9,14,16-19H2,1-3H3. The van der Waals surface area contributed by atoms with Crippen LogP contribution in [0, 0.1) is 11.8 Å². The average molecular weight is 397 g/mol. The first kappa shape index (κ1) is 23.3. The number of ether oxygens (including phenoxy) is 1. The van der Waals surface area contributed by atoms with Crippen molar-refractivity contribution in [3.05, 3.63) is 48.0 Å². The summed E-state index contributed by atoms with van der Waals surface area (Å²) in [4.78, 5) is 25.4. The fourth-order valence-electron chi connectivity index (χ4n) is 3.81. The summed E-state index contributed by atoms with van der Waals surface area (Å²) >= 11 is 0. The largest absolute Gasteiger partial charge is 0.381 e. The lowest BCUT2D eigenvalue weighted by Crippen LogP contribution is -2.25. The van der Waals surface area contributed by atoms with Gasteiger partial charge in [-0.25, -0.2) is 0 Å². The Kier molecular flexibility index (Phi) is 10.1. The van der Waals surface area contributed by atoms with Gasteiger partial charge in [0.2, 0.25) is 0 Å². The molecule has 0 amide bonds. The van der Waals surface area contributed by atoms with Gasteiger partial charge in [-0.05, 0) is 42.0 Å². The van der Waals surface area contributed by atoms with E-state index >= 15 is 0 Å². The molecule has 0 radical (unpaired) electrons. The van der Waals surface area contributed by atoms with E-state index in [2.05, 4.69) is 31.2 Å². The van der Waals surface area contributed by atoms with Gasteiger partial charge in [0.25, 0.3) is 0 Å². The zero-order chi connectivity index (χ0) is 21.1. The molecule has 0 spiro atoms. The highest BCUT2D eigenvalue weighted by atomic mass is 16.5. The molecule has 3 heteroatoms. The fourth-order valence-corrected chi connectivity index (χ4v) is 3.81. The molecule has 0 heterocycles. The number of fused-ring (bicyclic) bond motifs is 1. The van der Waals surface area contributed by atoms with E-state index in [0.29, 0.717) is 19.3 Å². The third-order valence-electron chi connectivity index (χ3n) is 5.38. The molecule has 0 N–H and O–H groups in total. The van der Waals surface area contributed by atoms with Gasteiger partial charge in [0.1, 0.15) is 11.6 Å². The molecule has 2 rings (SSSR count). The van der Waals surface area contributed by atoms with Crippen molar-refractivity contribution in [1.82, 2.24) is 0 Å². The Bertz CT molecular complexity index is 773. The quantitative estimate of drug-likeness (QED) is 0.359. The Morgan fingerprint density at radius 1 is 0.931 bits per heavy atom. The molecule has 1 unspecified atom stereocenters. The highest BCUT2D eigenvalue weighted by molar-refractivity contribution is 5.90. The van der Waals surface area contributed by atoms with Crippen molar-refractivity contribution in [3.63, 3.8) is 0 Å². The Balaban J connectivity index is 1.94. The number of ketones is 2. The number of unbranched alkanes of at least 4 members (excludes halogenated alkanes) is 2. The van der Waals surface area contributed by atoms with Gasteiger partial charge in [-0.1, -0.05) is 69.7 Å². The van der Waals surface area contributed by atoms with Gasteiger partial charge in [0, 0.05) is 37.9 Å². The lowest BCUT2D eigenvalue weighted by atomic mass is 9.84. The monoisotopic (exact) mass is 396 g/mol. The van der Waals surface area contributed by atoms with Crippen molar-refractivity contribution < 1.29 is 14.3 Å². The number of carbonyl (C=O) groups is 2. The predicted octanol–water partition coefficient (Wildman–Crippen LogP) is 6.17. The Hall–Kier alpha value is -2.00. The normalized spacial score (nSPS) is 12.4. The highest BCUT2D eigenvalue weighted by Gasteiger charge is 2.24. The number of carbonyl (C=O) groups excluding carboxylic acids is 2. The molecule has 0 aliphatic rings. The molecule has 2 aromatic rings. The number of rotatable bonds is 14. The fraction of sp³-hybridized carbons (Fsp3) is 0.538. The summed E-state index contributed by atoms with van der Waals surface area (Å²) in [5.74, 6) is 0.109. The van der Waals surface area contributed by atoms with Crippen LogP contribution in [0.3, 0.4) is 0 Å². The summed E-state index contributed by atoms with van der Waals surface area (Å²) in [6, 6.07) is 14.5. The zero-order valence-corrected chi connectivity index (χ0v) is 18.3. The Morgan fingerprint density at radius 2 is 1.69 bits per heavy atom. The van der Waals surface area contributed by atoms with Crippen LogP contribution in [0.25, 0.3) is 10.8 Å². The zero-order valence-electron chi connectivity index (χ0n) is 18.3. The SMILES string of the molecule is CCCOCCCCCC(=O)CC(Cc1cccc2ccccc12)C(=O)C(C)C. The maximum atomic E-state index is 12.8. The minimum absolute atomic E-state index is 0.0570. The topological polar surface area (TPSA) is 43.4 Å². The second kappa shape index (κ2) is 12.5. The summed E-state index contributed by atoms with van der Waals surface area (Å²) in [5.41, 5.74) is 1.16. The molecular formula is C26H36O3. The van der Waals surface area contributed by atoms with Crippen molar-refractivity contribution >= 4 is 22.3 Å². The Morgan fingerprint density at radius 3 is 2.45 bits per heavy atom. The predicted molar refractivity (Wildman–Crippen MR) is 120 cm³/mol. The maximum absolute atomic E-state index is 12.8. The first-order valence-corrected chi connectivity index (χ1v) is 11.1. The molecule has 29 heavy (non-hydrogen) atoms. The van der Waals surface area contributed by atoms with Crippen molar-refractivity contribution in [2.75, 3.05) is 13.2 Å². The number of hydrogen-bond donors (Lipinski definition) is 0. The van der Waals surface area contributed by atoms with Crippen LogP contribution in [0.1, 0.15) is 64.9 Å². The molecule has 0 saturated heterocycles. The summed E-state index contributed by atoms with van der Waals surface area (Å²) in [5, 5.41) is 2.36. The minimum Gasteiger partial charge on any atom is -0.381 e. The first-order valence-electron chi connectivity index (χ1n) is 11.1. The first-order chi connectivity index (χ1) is 14.0. The molecular weight excluding hydrogens is 360 g/mol. The molecule has 158 valence electrons. The number of Topliss-reactive ketones (excluding diaryl/α,β-unsaturated/α-hetero) is 2. The third kappa shape index (κ3) is 7.74. The van der Waals surface area contributed by atoms with Crippen molar-refractivity contribution in [2.45, 2.75) is 65.7 Å². The van der Waals surface area contributed by atoms with Crippen LogP contribution in [-0.2, 0) is 20.7 Å². The number of hydrogen-bond acceptors (Lipinski definition) is 3. The molecule has 3 nitrogen and oxygen atoms in total. The van der Waals surface area contributed by atoms with Gasteiger partial charge in [0.05, 0.1) is 0 Å². The van der Waals surface area contributed by atoms with E-state index in [1.54, 1.807) is 0 Å². The van der Waals surface area contributed by atoms with Crippen LogP contribution < -0.4 is 0 Å². The van der Waals surface area contributed by atoms with Gasteiger partial charge >= 0.3 is 0 Å². The molecule has 0 saturated carbocycles. The second-order valence-electron chi connectivity index (χ2n) is 8.26. The van der Waals surface area contributed by atoms with Crippen molar-refractivity contribution in [1.29, 1.82) is 0 Å². The van der Waals surface area contributed by atoms with E-state index in [0.717, 1.165) is 44.5 Å². The third-order valence-corrected chi connectivity index (χ3v) is 5.38. The van der Waals surface area contributed by atoms with Gasteiger partial charge in [-0.3, -0.25) is 9.59 Å². The Labute approximate surface area is 175 Å². The second-order valence-corrected chi connectivity index (χ2v) is 8.26. The van der Waals surface area contributed by atoms with E-state index in [-0.39, 0.29) is 23.4 Å². The molecule has 2 aromatic carbocycles. The van der Waals surface area contributed by atoms with E-state index in [4.69, 9.17) is 4.74 Å². The summed E-state index contributed by atoms with van der Waals surface area (Å²) in [6.45, 7) is 7.55. The summed E-state index contributed by atoms with van der Waals surface area (Å²) in [6.07, 6.45) is 5.47. The van der Waals surface area contributed by atoms with Crippen LogP contribution in [0.4, 0.5) is 0 Å². The van der Waals surface area contributed by atoms with Crippen molar-refractivity contribution in [3.8, 4) is 0 Å². The van der Waals surface area contributed by atoms with Gasteiger partial charge in [0.15, 0.2) is 0 Å². The molecule has 0 fully saturated rings. The smallest absolute Gasteiger partial charge is 0.139 e. The van der Waals surface area contributed by atoms with E-state index < -0.39 is 0 Å². The molecule has 0 aliphatic carbocycles. The van der Waals surface area contributed by atoms with Gasteiger partial charge in [-0.15, -0.1) is 0 Å². The summed E-state index contributed by atoms with van der Waals surface area (Å²) < 4.78 is 5.48. The molecule has 0 aromatic heterocycles. The van der Waals surface area contributed by atoms with Crippen molar-refractivity contribution in [2.24, 2.45) is 11.8 Å². The van der Waals surface area contributed by atoms with Crippen LogP contribution in [-0.4, -0.2) is 24.8 Å². The lowest BCUT2D eigenvalue weighted by Gasteiger charge is -2.18. The van der Waals surface area contributed by atoms with Crippen LogP contribution in [0.15, 0.2) is 42.5 Å². The molecule has 1 atom stereocenters. The van der Waals surface area contributed by atoms with Gasteiger partial charge < -0.3 is 4.74 Å². The average Bonchev–Trinajstić information content (AvgIpc) is 2.72. The van der Waals surface area contributed by atoms with Crippen LogP contribution in [0.5, 0.6) is 0 Å². The van der Waals surface area contributed by atoms with Crippen LogP contribution in [0.2, 0.25) is 0 Å². The van der Waals surface area contributed by atoms with Gasteiger partial charge in [-0.2, -0.15) is 0 Å². The maximum Gasteiger partial charge on any atom is 0.139 e. The lowest BCUT2D eigenvalue weighted by molar-refractivity contribution is -0.130. The number of benzene rings is 2. The van der Waals surface area contributed by atoms with E-state index in [1.165, 1.54) is 10.8 Å². The van der Waals surface area contributed by atoms with Crippen LogP contribution >= 0.6 is 0 Å².